The lowest BCUT2D eigenvalue weighted by molar-refractivity contribution is -0.131. The van der Waals surface area contributed by atoms with Gasteiger partial charge in [0.2, 0.25) is 0 Å². The molecule has 0 aromatic heterocycles. The second-order valence-corrected chi connectivity index (χ2v) is 2.92. The molecule has 3 N–H and O–H groups in total. The highest BCUT2D eigenvalue weighted by Gasteiger charge is 2.38. The van der Waals surface area contributed by atoms with E-state index in [0.29, 0.717) is 0 Å². The molecule has 0 fully saturated rings. The molecule has 2 atom stereocenters. The van der Waals surface area contributed by atoms with Crippen LogP contribution in [0.5, 0.6) is 0 Å². The Labute approximate surface area is 75.5 Å². The molecule has 12 heavy (non-hydrogen) atoms. The summed E-state index contributed by atoms with van der Waals surface area (Å²) < 4.78 is 0. The van der Waals surface area contributed by atoms with Gasteiger partial charge in [0.05, 0.1) is 11.9 Å². The van der Waals surface area contributed by atoms with Crippen LogP contribution in [0.25, 0.3) is 0 Å². The van der Waals surface area contributed by atoms with Gasteiger partial charge in [-0.25, -0.2) is 0 Å². The van der Waals surface area contributed by atoms with Gasteiger partial charge in [-0.3, -0.25) is 4.79 Å². The highest BCUT2D eigenvalue weighted by molar-refractivity contribution is 6.29. The second kappa shape index (κ2) is 3.39. The molecule has 0 radical (unpaired) electrons. The predicted octanol–water partition coefficient (Wildman–Crippen LogP) is -0.0213. The summed E-state index contributed by atoms with van der Waals surface area (Å²) in [6.45, 7) is 0. The molecule has 0 saturated heterocycles. The number of allylic oxidation sites excluding steroid dienone is 2. The Balaban J connectivity index is 2.90. The summed E-state index contributed by atoms with van der Waals surface area (Å²) in [5.41, 5.74) is 3.91. The van der Waals surface area contributed by atoms with Crippen LogP contribution in [0.2, 0.25) is 0 Å². The van der Waals surface area contributed by atoms with Crippen molar-refractivity contribution in [2.45, 2.75) is 11.6 Å². The molecular weight excluding hydrogens is 178 g/mol. The van der Waals surface area contributed by atoms with Gasteiger partial charge >= 0.3 is 0 Å². The summed E-state index contributed by atoms with van der Waals surface area (Å²) in [6, 6.07) is -0.700. The van der Waals surface area contributed by atoms with E-state index in [2.05, 4.69) is 0 Å². The Kier molecular flexibility index (Phi) is 2.67. The Morgan fingerprint density at radius 1 is 1.67 bits per heavy atom. The van der Waals surface area contributed by atoms with Gasteiger partial charge in [0.1, 0.15) is 0 Å². The van der Waals surface area contributed by atoms with Crippen LogP contribution < -0.4 is 5.73 Å². The maximum absolute atomic E-state index is 11.2. The molecule has 3 nitrogen and oxygen atoms in total. The first-order valence-corrected chi connectivity index (χ1v) is 4.08. The van der Waals surface area contributed by atoms with Gasteiger partial charge in [-0.2, -0.15) is 0 Å². The number of carbonyl (C=O) groups excluding carboxylic acids is 1. The molecule has 0 heterocycles. The number of ketones is 1. The minimum atomic E-state index is -1.61. The van der Waals surface area contributed by atoms with Gasteiger partial charge in [-0.1, -0.05) is 18.2 Å². The lowest BCUT2D eigenvalue weighted by Crippen LogP contribution is -2.53. The number of alkyl halides is 1. The lowest BCUT2D eigenvalue weighted by Gasteiger charge is -2.28. The quantitative estimate of drug-likeness (QED) is 0.598. The second-order valence-electron chi connectivity index (χ2n) is 2.65. The van der Waals surface area contributed by atoms with Crippen molar-refractivity contribution in [3.8, 4) is 0 Å². The summed E-state index contributed by atoms with van der Waals surface area (Å²) in [5, 5.41) is 9.71. The van der Waals surface area contributed by atoms with Crippen molar-refractivity contribution < 1.29 is 9.90 Å². The van der Waals surface area contributed by atoms with Gasteiger partial charge in [0.25, 0.3) is 0 Å². The van der Waals surface area contributed by atoms with Gasteiger partial charge in [0, 0.05) is 0 Å². The van der Waals surface area contributed by atoms with Gasteiger partial charge in [0.15, 0.2) is 11.4 Å². The Bertz CT molecular complexity index is 249. The van der Waals surface area contributed by atoms with Crippen LogP contribution in [-0.4, -0.2) is 28.4 Å². The third-order valence-corrected chi connectivity index (χ3v) is 2.10. The normalized spacial score (nSPS) is 33.8. The van der Waals surface area contributed by atoms with Crippen molar-refractivity contribution in [1.29, 1.82) is 0 Å². The minimum absolute atomic E-state index is 0.234. The van der Waals surface area contributed by atoms with E-state index in [1.807, 2.05) is 0 Å². The summed E-state index contributed by atoms with van der Waals surface area (Å²) >= 11 is 5.32. The molecule has 0 aromatic rings. The Hall–Kier alpha value is -0.640. The van der Waals surface area contributed by atoms with Crippen LogP contribution in [0.3, 0.4) is 0 Å². The third kappa shape index (κ3) is 1.43. The molecule has 1 aliphatic rings. The maximum atomic E-state index is 11.2. The zero-order chi connectivity index (χ0) is 9.19. The monoisotopic (exact) mass is 187 g/mol. The summed E-state index contributed by atoms with van der Waals surface area (Å²) in [4.78, 5) is 11.2. The number of aliphatic hydroxyl groups is 1. The molecule has 0 spiro atoms. The number of Topliss-reactive ketones (excluding diaryl/α,β-unsaturated/α-hetero) is 1. The molecular formula is C8H10ClNO2. The third-order valence-electron chi connectivity index (χ3n) is 1.86. The van der Waals surface area contributed by atoms with Crippen LogP contribution in [0, 0.1) is 0 Å². The average molecular weight is 188 g/mol. The van der Waals surface area contributed by atoms with Crippen molar-refractivity contribution in [3.05, 3.63) is 24.3 Å². The van der Waals surface area contributed by atoms with Crippen molar-refractivity contribution in [3.63, 3.8) is 0 Å². The molecule has 0 bridgehead atoms. The van der Waals surface area contributed by atoms with Crippen molar-refractivity contribution in [1.82, 2.24) is 0 Å². The molecule has 0 aromatic carbocycles. The first-order chi connectivity index (χ1) is 5.61. The molecule has 0 aliphatic heterocycles. The van der Waals surface area contributed by atoms with Crippen LogP contribution in [0.4, 0.5) is 0 Å². The highest BCUT2D eigenvalue weighted by Crippen LogP contribution is 2.18. The minimum Gasteiger partial charge on any atom is -0.376 e. The van der Waals surface area contributed by atoms with E-state index >= 15 is 0 Å². The van der Waals surface area contributed by atoms with Crippen molar-refractivity contribution in [2.75, 3.05) is 5.88 Å². The van der Waals surface area contributed by atoms with E-state index in [1.165, 1.54) is 6.08 Å². The lowest BCUT2D eigenvalue weighted by atomic mass is 9.87. The number of hydrogen-bond donors (Lipinski definition) is 2. The molecule has 0 saturated carbocycles. The first kappa shape index (κ1) is 9.45. The van der Waals surface area contributed by atoms with Gasteiger partial charge < -0.3 is 10.8 Å². The molecule has 1 rings (SSSR count). The standard InChI is InChI=1S/C8H10ClNO2/c9-5-7(11)8(12)4-2-1-3-6(8)10/h1-4,6,12H,5,10H2. The zero-order valence-electron chi connectivity index (χ0n) is 6.40. The fourth-order valence-corrected chi connectivity index (χ4v) is 1.24. The molecule has 0 amide bonds. The highest BCUT2D eigenvalue weighted by atomic mass is 35.5. The zero-order valence-corrected chi connectivity index (χ0v) is 7.16. The number of nitrogens with two attached hydrogens (primary N) is 1. The number of halogens is 1. The van der Waals surface area contributed by atoms with E-state index in [-0.39, 0.29) is 5.88 Å². The van der Waals surface area contributed by atoms with Crippen LogP contribution in [0.15, 0.2) is 24.3 Å². The smallest absolute Gasteiger partial charge is 0.184 e. The van der Waals surface area contributed by atoms with E-state index in [9.17, 15) is 9.90 Å². The predicted molar refractivity (Wildman–Crippen MR) is 46.9 cm³/mol. The summed E-state index contributed by atoms with van der Waals surface area (Å²) in [5.74, 6) is -0.709. The molecule has 66 valence electrons. The van der Waals surface area contributed by atoms with Crippen molar-refractivity contribution in [2.24, 2.45) is 5.73 Å². The molecule has 2 unspecified atom stereocenters. The SMILES string of the molecule is NC1C=CC=CC1(O)C(=O)CCl. The molecule has 4 heteroatoms. The number of hydrogen-bond acceptors (Lipinski definition) is 3. The van der Waals surface area contributed by atoms with E-state index in [4.69, 9.17) is 17.3 Å². The van der Waals surface area contributed by atoms with Crippen LogP contribution >= 0.6 is 11.6 Å². The first-order valence-electron chi connectivity index (χ1n) is 3.54. The Morgan fingerprint density at radius 2 is 2.33 bits per heavy atom. The average Bonchev–Trinajstić information content (AvgIpc) is 2.09. The number of rotatable bonds is 2. The topological polar surface area (TPSA) is 63.3 Å². The Morgan fingerprint density at radius 3 is 2.83 bits per heavy atom. The van der Waals surface area contributed by atoms with E-state index in [0.717, 1.165) is 0 Å². The molecule has 1 aliphatic carbocycles. The largest absolute Gasteiger partial charge is 0.376 e. The summed E-state index contributed by atoms with van der Waals surface area (Å²) in [6.07, 6.45) is 6.18. The van der Waals surface area contributed by atoms with Crippen LogP contribution in [-0.2, 0) is 4.79 Å². The fourth-order valence-electron chi connectivity index (χ4n) is 1.03. The van der Waals surface area contributed by atoms with E-state index in [1.54, 1.807) is 18.2 Å². The van der Waals surface area contributed by atoms with Gasteiger partial charge in [-0.15, -0.1) is 11.6 Å². The fraction of sp³-hybridized carbons (Fsp3) is 0.375. The van der Waals surface area contributed by atoms with Crippen molar-refractivity contribution >= 4 is 17.4 Å². The maximum Gasteiger partial charge on any atom is 0.184 e. The van der Waals surface area contributed by atoms with E-state index < -0.39 is 17.4 Å². The van der Waals surface area contributed by atoms with Crippen LogP contribution in [0.1, 0.15) is 0 Å². The summed E-state index contributed by atoms with van der Waals surface area (Å²) in [7, 11) is 0. The number of carbonyl (C=O) groups is 1. The van der Waals surface area contributed by atoms with Gasteiger partial charge in [-0.05, 0) is 6.08 Å².